The van der Waals surface area contributed by atoms with Crippen LogP contribution in [0.2, 0.25) is 0 Å². The van der Waals surface area contributed by atoms with Crippen molar-refractivity contribution in [2.45, 2.75) is 38.6 Å². The Morgan fingerprint density at radius 2 is 1.86 bits per heavy atom. The van der Waals surface area contributed by atoms with Gasteiger partial charge in [-0.15, -0.1) is 0 Å². The summed E-state index contributed by atoms with van der Waals surface area (Å²) in [5, 5.41) is 9.75. The monoisotopic (exact) mass is 477 g/mol. The summed E-state index contributed by atoms with van der Waals surface area (Å²) in [6.45, 7) is 2.76. The number of hydrogen-bond acceptors (Lipinski definition) is 7. The number of carboxylic acid groups (broad SMARTS) is 1. The first-order valence-corrected chi connectivity index (χ1v) is 11.7. The lowest BCUT2D eigenvalue weighted by Crippen LogP contribution is -2.26. The zero-order valence-corrected chi connectivity index (χ0v) is 20.6. The van der Waals surface area contributed by atoms with Gasteiger partial charge in [-0.3, -0.25) is 0 Å². The summed E-state index contributed by atoms with van der Waals surface area (Å²) >= 11 is 0. The lowest BCUT2D eigenvalue weighted by Gasteiger charge is -2.27. The number of aromatic nitrogens is 2. The summed E-state index contributed by atoms with van der Waals surface area (Å²) in [5.74, 6) is 1.85. The second-order valence-corrected chi connectivity index (χ2v) is 8.60. The van der Waals surface area contributed by atoms with Crippen LogP contribution in [0.25, 0.3) is 0 Å². The molecule has 0 bridgehead atoms. The molecule has 2 heterocycles. The van der Waals surface area contributed by atoms with E-state index in [0.717, 1.165) is 53.3 Å². The normalized spacial score (nSPS) is 15.2. The maximum Gasteiger partial charge on any atom is 0.339 e. The SMILES string of the molecule is COc1ccc(OC)c(C2CCCN2c2ncc(C(=O)O)c(CCc3ccc(C)c(OC)c3)n2)c1. The molecule has 184 valence electrons. The largest absolute Gasteiger partial charge is 0.497 e. The smallest absolute Gasteiger partial charge is 0.339 e. The third-order valence-electron chi connectivity index (χ3n) is 6.51. The van der Waals surface area contributed by atoms with Gasteiger partial charge in [-0.25, -0.2) is 14.8 Å². The molecule has 3 aromatic rings. The Morgan fingerprint density at radius 3 is 2.57 bits per heavy atom. The average Bonchev–Trinajstić information content (AvgIpc) is 3.37. The van der Waals surface area contributed by atoms with Gasteiger partial charge in [0.1, 0.15) is 17.2 Å². The fourth-order valence-corrected chi connectivity index (χ4v) is 4.63. The first-order valence-electron chi connectivity index (χ1n) is 11.7. The van der Waals surface area contributed by atoms with Gasteiger partial charge >= 0.3 is 5.97 Å². The molecule has 1 aliphatic heterocycles. The van der Waals surface area contributed by atoms with Crippen LogP contribution >= 0.6 is 0 Å². The molecule has 1 aliphatic rings. The number of rotatable bonds is 9. The molecule has 2 aromatic carbocycles. The molecule has 1 aromatic heterocycles. The zero-order chi connectivity index (χ0) is 24.9. The fraction of sp³-hybridized carbons (Fsp3) is 0.370. The summed E-state index contributed by atoms with van der Waals surface area (Å²) in [6, 6.07) is 11.8. The van der Waals surface area contributed by atoms with Crippen molar-refractivity contribution in [1.82, 2.24) is 9.97 Å². The van der Waals surface area contributed by atoms with Crippen molar-refractivity contribution < 1.29 is 24.1 Å². The average molecular weight is 478 g/mol. The van der Waals surface area contributed by atoms with Crippen molar-refractivity contribution in [2.24, 2.45) is 0 Å². The number of hydrogen-bond donors (Lipinski definition) is 1. The minimum absolute atomic E-state index is 0.00457. The maximum absolute atomic E-state index is 11.9. The molecule has 0 radical (unpaired) electrons. The van der Waals surface area contributed by atoms with Crippen LogP contribution in [0, 0.1) is 6.92 Å². The van der Waals surface area contributed by atoms with Crippen LogP contribution in [0.4, 0.5) is 5.95 Å². The van der Waals surface area contributed by atoms with Gasteiger partial charge in [0.15, 0.2) is 0 Å². The first-order chi connectivity index (χ1) is 16.9. The second kappa shape index (κ2) is 10.6. The molecule has 4 rings (SSSR count). The number of methoxy groups -OCH3 is 3. The summed E-state index contributed by atoms with van der Waals surface area (Å²) in [5.41, 5.74) is 3.76. The minimum atomic E-state index is -1.03. The number of carboxylic acids is 1. The lowest BCUT2D eigenvalue weighted by atomic mass is 10.0. The highest BCUT2D eigenvalue weighted by molar-refractivity contribution is 5.88. The van der Waals surface area contributed by atoms with Gasteiger partial charge in [-0.1, -0.05) is 12.1 Å². The van der Waals surface area contributed by atoms with E-state index in [1.165, 1.54) is 6.20 Å². The number of anilines is 1. The molecule has 1 atom stereocenters. The van der Waals surface area contributed by atoms with E-state index >= 15 is 0 Å². The number of aromatic carboxylic acids is 1. The van der Waals surface area contributed by atoms with E-state index in [4.69, 9.17) is 19.2 Å². The molecule has 8 nitrogen and oxygen atoms in total. The third kappa shape index (κ3) is 5.16. The standard InChI is InChI=1S/C27H31N3O5/c1-17-7-8-18(14-25(17)35-4)9-11-22-21(26(31)32)16-28-27(29-22)30-13-5-6-23(30)20-15-19(33-2)10-12-24(20)34-3/h7-8,10,12,14-16,23H,5-6,9,11,13H2,1-4H3,(H,31,32). The van der Waals surface area contributed by atoms with Crippen LogP contribution < -0.4 is 19.1 Å². The molecule has 0 saturated carbocycles. The van der Waals surface area contributed by atoms with Gasteiger partial charge in [-0.05, 0) is 68.0 Å². The van der Waals surface area contributed by atoms with E-state index in [9.17, 15) is 9.90 Å². The van der Waals surface area contributed by atoms with Gasteiger partial charge in [-0.2, -0.15) is 0 Å². The van der Waals surface area contributed by atoms with Crippen LogP contribution in [0.1, 0.15) is 51.6 Å². The van der Waals surface area contributed by atoms with Gasteiger partial charge in [0.2, 0.25) is 5.95 Å². The Balaban J connectivity index is 1.64. The summed E-state index contributed by atoms with van der Waals surface area (Å²) < 4.78 is 16.5. The van der Waals surface area contributed by atoms with E-state index in [0.29, 0.717) is 24.5 Å². The topological polar surface area (TPSA) is 94.0 Å². The van der Waals surface area contributed by atoms with Crippen LogP contribution in [0.3, 0.4) is 0 Å². The van der Waals surface area contributed by atoms with E-state index in [1.807, 2.05) is 43.3 Å². The molecule has 35 heavy (non-hydrogen) atoms. The molecule has 1 unspecified atom stereocenters. The third-order valence-corrected chi connectivity index (χ3v) is 6.51. The van der Waals surface area contributed by atoms with Gasteiger partial charge in [0, 0.05) is 18.3 Å². The Labute approximate surface area is 205 Å². The quantitative estimate of drug-likeness (QED) is 0.477. The van der Waals surface area contributed by atoms with Crippen molar-refractivity contribution in [1.29, 1.82) is 0 Å². The Bertz CT molecular complexity index is 1210. The van der Waals surface area contributed by atoms with Gasteiger partial charge < -0.3 is 24.2 Å². The van der Waals surface area contributed by atoms with Crippen molar-refractivity contribution in [3.05, 3.63) is 70.5 Å². The molecule has 0 aliphatic carbocycles. The van der Waals surface area contributed by atoms with Gasteiger partial charge in [0.25, 0.3) is 0 Å². The van der Waals surface area contributed by atoms with Crippen molar-refractivity contribution in [2.75, 3.05) is 32.8 Å². The molecular weight excluding hydrogens is 446 g/mol. The molecule has 1 N–H and O–H groups in total. The van der Waals surface area contributed by atoms with Gasteiger partial charge in [0.05, 0.1) is 38.6 Å². The van der Waals surface area contributed by atoms with E-state index < -0.39 is 5.97 Å². The number of nitrogens with zero attached hydrogens (tertiary/aromatic N) is 3. The second-order valence-electron chi connectivity index (χ2n) is 8.60. The summed E-state index contributed by atoms with van der Waals surface area (Å²) in [6.07, 6.45) is 4.42. The summed E-state index contributed by atoms with van der Waals surface area (Å²) in [7, 11) is 4.94. The highest BCUT2D eigenvalue weighted by Gasteiger charge is 2.31. The van der Waals surface area contributed by atoms with Crippen LogP contribution in [-0.4, -0.2) is 48.9 Å². The summed E-state index contributed by atoms with van der Waals surface area (Å²) in [4.78, 5) is 23.2. The highest BCUT2D eigenvalue weighted by Crippen LogP contribution is 2.40. The Morgan fingerprint density at radius 1 is 1.06 bits per heavy atom. The van der Waals surface area contributed by atoms with Crippen LogP contribution in [-0.2, 0) is 12.8 Å². The highest BCUT2D eigenvalue weighted by atomic mass is 16.5. The predicted octanol–water partition coefficient (Wildman–Crippen LogP) is 4.64. The number of ether oxygens (including phenoxy) is 3. The molecule has 1 fully saturated rings. The van der Waals surface area contributed by atoms with Crippen molar-refractivity contribution in [3.8, 4) is 17.2 Å². The molecule has 1 saturated heterocycles. The maximum atomic E-state index is 11.9. The van der Waals surface area contributed by atoms with E-state index in [-0.39, 0.29) is 11.6 Å². The first kappa shape index (κ1) is 24.3. The lowest BCUT2D eigenvalue weighted by molar-refractivity contribution is 0.0694. The van der Waals surface area contributed by atoms with E-state index in [2.05, 4.69) is 9.88 Å². The van der Waals surface area contributed by atoms with Crippen LogP contribution in [0.5, 0.6) is 17.2 Å². The minimum Gasteiger partial charge on any atom is -0.497 e. The van der Waals surface area contributed by atoms with E-state index in [1.54, 1.807) is 21.3 Å². The zero-order valence-electron chi connectivity index (χ0n) is 20.6. The van der Waals surface area contributed by atoms with Crippen molar-refractivity contribution in [3.63, 3.8) is 0 Å². The number of carbonyl (C=O) groups is 1. The Kier molecular flexibility index (Phi) is 7.39. The molecule has 0 spiro atoms. The number of aryl methyl sites for hydroxylation is 3. The Hall–Kier alpha value is -3.81. The molecule has 0 amide bonds. The van der Waals surface area contributed by atoms with Crippen molar-refractivity contribution >= 4 is 11.9 Å². The fourth-order valence-electron chi connectivity index (χ4n) is 4.63. The molecule has 8 heteroatoms. The molecular formula is C27H31N3O5. The van der Waals surface area contributed by atoms with Crippen LogP contribution in [0.15, 0.2) is 42.6 Å². The number of benzene rings is 2. The predicted molar refractivity (Wildman–Crippen MR) is 133 cm³/mol.